The molecule has 1 aliphatic rings. The summed E-state index contributed by atoms with van der Waals surface area (Å²) in [6.07, 6.45) is 2.34. The number of nitrogens with zero attached hydrogens (tertiary/aromatic N) is 2. The standard InChI is InChI=1S/C21H20FN3O3/c1-2-17(14-6-7-19-20(12-14)28-11-10-27-19)23-21(26)18-8-9-25(24-18)16-5-3-4-15(22)13-16/h3-9,12-13,17H,2,10-11H2,1H3,(H,23,26). The summed E-state index contributed by atoms with van der Waals surface area (Å²) in [5.74, 6) is 0.748. The Labute approximate surface area is 161 Å². The Kier molecular flexibility index (Phi) is 4.97. The molecule has 1 unspecified atom stereocenters. The van der Waals surface area contributed by atoms with E-state index in [-0.39, 0.29) is 23.5 Å². The van der Waals surface area contributed by atoms with Gasteiger partial charge in [-0.05, 0) is 48.4 Å². The molecule has 1 N–H and O–H groups in total. The van der Waals surface area contributed by atoms with Gasteiger partial charge in [-0.3, -0.25) is 4.79 Å². The van der Waals surface area contributed by atoms with E-state index >= 15 is 0 Å². The Bertz CT molecular complexity index is 1000. The highest BCUT2D eigenvalue weighted by molar-refractivity contribution is 5.92. The molecule has 0 saturated carbocycles. The van der Waals surface area contributed by atoms with E-state index in [1.54, 1.807) is 24.4 Å². The van der Waals surface area contributed by atoms with Crippen molar-refractivity contribution in [2.45, 2.75) is 19.4 Å². The van der Waals surface area contributed by atoms with Gasteiger partial charge in [0.05, 0.1) is 11.7 Å². The molecule has 0 bridgehead atoms. The van der Waals surface area contributed by atoms with E-state index in [4.69, 9.17) is 9.47 Å². The van der Waals surface area contributed by atoms with Crippen LogP contribution in [0.5, 0.6) is 11.5 Å². The molecule has 1 amide bonds. The number of carbonyl (C=O) groups is 1. The molecule has 1 atom stereocenters. The maximum absolute atomic E-state index is 13.4. The molecule has 2 aromatic carbocycles. The van der Waals surface area contributed by atoms with Gasteiger partial charge in [0.2, 0.25) is 0 Å². The SMILES string of the molecule is CCC(NC(=O)c1ccn(-c2cccc(F)c2)n1)c1ccc2c(c1)OCCO2. The van der Waals surface area contributed by atoms with Crippen LogP contribution in [-0.4, -0.2) is 28.9 Å². The van der Waals surface area contributed by atoms with Crippen LogP contribution in [0.2, 0.25) is 0 Å². The van der Waals surface area contributed by atoms with E-state index in [9.17, 15) is 9.18 Å². The monoisotopic (exact) mass is 381 g/mol. The molecule has 0 saturated heterocycles. The molecule has 0 aliphatic carbocycles. The molecular formula is C21H20FN3O3. The largest absolute Gasteiger partial charge is 0.486 e. The second-order valence-electron chi connectivity index (χ2n) is 6.46. The third-order valence-electron chi connectivity index (χ3n) is 4.58. The molecule has 6 nitrogen and oxygen atoms in total. The summed E-state index contributed by atoms with van der Waals surface area (Å²) in [5, 5.41) is 7.26. The molecule has 1 aliphatic heterocycles. The van der Waals surface area contributed by atoms with Gasteiger partial charge in [0, 0.05) is 6.20 Å². The van der Waals surface area contributed by atoms with Gasteiger partial charge in [-0.25, -0.2) is 9.07 Å². The van der Waals surface area contributed by atoms with Crippen molar-refractivity contribution in [3.05, 3.63) is 71.8 Å². The highest BCUT2D eigenvalue weighted by atomic mass is 19.1. The van der Waals surface area contributed by atoms with Crippen molar-refractivity contribution in [2.75, 3.05) is 13.2 Å². The first-order valence-corrected chi connectivity index (χ1v) is 9.16. The van der Waals surface area contributed by atoms with Gasteiger partial charge in [0.15, 0.2) is 17.2 Å². The lowest BCUT2D eigenvalue weighted by molar-refractivity contribution is 0.0930. The average Bonchev–Trinajstić information content (AvgIpc) is 3.22. The highest BCUT2D eigenvalue weighted by Gasteiger charge is 2.19. The Morgan fingerprint density at radius 2 is 2.00 bits per heavy atom. The Hall–Kier alpha value is -3.35. The maximum atomic E-state index is 13.4. The van der Waals surface area contributed by atoms with E-state index < -0.39 is 0 Å². The van der Waals surface area contributed by atoms with Gasteiger partial charge in [-0.15, -0.1) is 0 Å². The minimum atomic E-state index is -0.358. The van der Waals surface area contributed by atoms with Crippen LogP contribution >= 0.6 is 0 Å². The van der Waals surface area contributed by atoms with Crippen molar-refractivity contribution in [1.29, 1.82) is 0 Å². The molecule has 1 aromatic heterocycles. The summed E-state index contributed by atoms with van der Waals surface area (Å²) < 4.78 is 26.0. The number of aromatic nitrogens is 2. The second-order valence-corrected chi connectivity index (χ2v) is 6.46. The number of halogens is 1. The van der Waals surface area contributed by atoms with Gasteiger partial charge in [-0.1, -0.05) is 19.1 Å². The van der Waals surface area contributed by atoms with Crippen molar-refractivity contribution in [2.24, 2.45) is 0 Å². The smallest absolute Gasteiger partial charge is 0.272 e. The fraction of sp³-hybridized carbons (Fsp3) is 0.238. The van der Waals surface area contributed by atoms with Crippen LogP contribution in [0, 0.1) is 5.82 Å². The second kappa shape index (κ2) is 7.72. The number of nitrogens with one attached hydrogen (secondary N) is 1. The number of rotatable bonds is 5. The van der Waals surface area contributed by atoms with Crippen molar-refractivity contribution < 1.29 is 18.7 Å². The van der Waals surface area contributed by atoms with E-state index in [2.05, 4.69) is 10.4 Å². The average molecular weight is 381 g/mol. The lowest BCUT2D eigenvalue weighted by atomic mass is 10.0. The number of fused-ring (bicyclic) bond motifs is 1. The van der Waals surface area contributed by atoms with E-state index in [0.717, 1.165) is 5.56 Å². The van der Waals surface area contributed by atoms with Crippen LogP contribution in [0.4, 0.5) is 4.39 Å². The zero-order valence-corrected chi connectivity index (χ0v) is 15.4. The van der Waals surface area contributed by atoms with Crippen LogP contribution in [0.3, 0.4) is 0 Å². The molecule has 4 rings (SSSR count). The molecule has 0 spiro atoms. The molecule has 3 aromatic rings. The van der Waals surface area contributed by atoms with Crippen LogP contribution in [0.1, 0.15) is 35.4 Å². The minimum Gasteiger partial charge on any atom is -0.486 e. The number of benzene rings is 2. The van der Waals surface area contributed by atoms with Gasteiger partial charge < -0.3 is 14.8 Å². The minimum absolute atomic E-state index is 0.192. The number of hydrogen-bond acceptors (Lipinski definition) is 4. The van der Waals surface area contributed by atoms with E-state index in [1.165, 1.54) is 16.8 Å². The van der Waals surface area contributed by atoms with Crippen molar-refractivity contribution >= 4 is 5.91 Å². The van der Waals surface area contributed by atoms with Gasteiger partial charge in [0.25, 0.3) is 5.91 Å². The zero-order valence-electron chi connectivity index (χ0n) is 15.4. The van der Waals surface area contributed by atoms with Crippen molar-refractivity contribution in [1.82, 2.24) is 15.1 Å². The molecule has 144 valence electrons. The van der Waals surface area contributed by atoms with Gasteiger partial charge >= 0.3 is 0 Å². The van der Waals surface area contributed by atoms with Crippen molar-refractivity contribution in [3.63, 3.8) is 0 Å². The third-order valence-corrected chi connectivity index (χ3v) is 4.58. The maximum Gasteiger partial charge on any atom is 0.272 e. The van der Waals surface area contributed by atoms with Crippen LogP contribution in [-0.2, 0) is 0 Å². The Balaban J connectivity index is 1.51. The summed E-state index contributed by atoms with van der Waals surface area (Å²) in [6.45, 7) is 3.04. The number of carbonyl (C=O) groups excluding carboxylic acids is 1. The zero-order chi connectivity index (χ0) is 19.5. The van der Waals surface area contributed by atoms with Gasteiger partial charge in [-0.2, -0.15) is 5.10 Å². The molecule has 28 heavy (non-hydrogen) atoms. The fourth-order valence-electron chi connectivity index (χ4n) is 3.14. The molecule has 0 radical (unpaired) electrons. The molecule has 2 heterocycles. The van der Waals surface area contributed by atoms with E-state index in [1.807, 2.05) is 25.1 Å². The normalized spacial score (nSPS) is 13.8. The number of amides is 1. The lowest BCUT2D eigenvalue weighted by Gasteiger charge is -2.22. The Morgan fingerprint density at radius 3 is 2.79 bits per heavy atom. The fourth-order valence-corrected chi connectivity index (χ4v) is 3.14. The first kappa shape index (κ1) is 18.0. The van der Waals surface area contributed by atoms with Crippen LogP contribution < -0.4 is 14.8 Å². The van der Waals surface area contributed by atoms with Crippen molar-refractivity contribution in [3.8, 4) is 17.2 Å². The summed E-state index contributed by atoms with van der Waals surface area (Å²) in [6, 6.07) is 13.1. The summed E-state index contributed by atoms with van der Waals surface area (Å²) >= 11 is 0. The number of ether oxygens (including phenoxy) is 2. The predicted octanol–water partition coefficient (Wildman–Crippen LogP) is 3.66. The topological polar surface area (TPSA) is 65.4 Å². The summed E-state index contributed by atoms with van der Waals surface area (Å²) in [4.78, 5) is 12.7. The van der Waals surface area contributed by atoms with Gasteiger partial charge in [0.1, 0.15) is 19.0 Å². The summed E-state index contributed by atoms with van der Waals surface area (Å²) in [5.41, 5.74) is 1.75. The highest BCUT2D eigenvalue weighted by Crippen LogP contribution is 2.33. The first-order valence-electron chi connectivity index (χ1n) is 9.16. The third kappa shape index (κ3) is 3.69. The molecule has 0 fully saturated rings. The van der Waals surface area contributed by atoms with E-state index in [0.29, 0.717) is 36.8 Å². The van der Waals surface area contributed by atoms with Crippen LogP contribution in [0.25, 0.3) is 5.69 Å². The molecular weight excluding hydrogens is 361 g/mol. The Morgan fingerprint density at radius 1 is 1.18 bits per heavy atom. The number of hydrogen-bond donors (Lipinski definition) is 1. The molecule has 7 heteroatoms. The quantitative estimate of drug-likeness (QED) is 0.733. The summed E-state index contributed by atoms with van der Waals surface area (Å²) in [7, 11) is 0. The van der Waals surface area contributed by atoms with Crippen LogP contribution in [0.15, 0.2) is 54.7 Å². The first-order chi connectivity index (χ1) is 13.6. The lowest BCUT2D eigenvalue weighted by Crippen LogP contribution is -2.28. The predicted molar refractivity (Wildman–Crippen MR) is 101 cm³/mol.